The van der Waals surface area contributed by atoms with Gasteiger partial charge in [0, 0.05) is 30.1 Å². The number of hydrogen-bond acceptors (Lipinski definition) is 7. The van der Waals surface area contributed by atoms with Crippen molar-refractivity contribution in [3.63, 3.8) is 0 Å². The molecule has 6 rings (SSSR count). The number of fused-ring (bicyclic) bond motifs is 3. The summed E-state index contributed by atoms with van der Waals surface area (Å²) >= 11 is 1.56. The SMILES string of the molecule is CC(C)(C)OC(=O)N(Cc1ccc(-c2nc3sc4cc(C(=O)CCCCN5CCCCC5)ccc4n3n2)cc1)C1CC1. The molecule has 222 valence electrons. The molecule has 4 aromatic rings. The summed E-state index contributed by atoms with van der Waals surface area (Å²) in [6.07, 6.45) is 8.37. The lowest BCUT2D eigenvalue weighted by atomic mass is 10.0. The Morgan fingerprint density at radius 1 is 1.02 bits per heavy atom. The number of ketones is 1. The molecule has 2 aromatic heterocycles. The highest BCUT2D eigenvalue weighted by Gasteiger charge is 2.35. The van der Waals surface area contributed by atoms with Crippen molar-refractivity contribution < 1.29 is 14.3 Å². The average Bonchev–Trinajstić information content (AvgIpc) is 3.63. The smallest absolute Gasteiger partial charge is 0.410 e. The van der Waals surface area contributed by atoms with Crippen molar-refractivity contribution in [3.8, 4) is 11.4 Å². The number of nitrogens with zero attached hydrogens (tertiary/aromatic N) is 5. The van der Waals surface area contributed by atoms with Crippen molar-refractivity contribution in [1.29, 1.82) is 0 Å². The first kappa shape index (κ1) is 28.8. The topological polar surface area (TPSA) is 80.0 Å². The van der Waals surface area contributed by atoms with Gasteiger partial charge in [0.1, 0.15) is 5.60 Å². The van der Waals surface area contributed by atoms with Crippen LogP contribution in [0.3, 0.4) is 0 Å². The Kier molecular flexibility index (Phi) is 8.32. The summed E-state index contributed by atoms with van der Waals surface area (Å²) in [7, 11) is 0. The van der Waals surface area contributed by atoms with Crippen LogP contribution in [-0.4, -0.2) is 67.6 Å². The molecule has 0 spiro atoms. The number of Topliss-reactive ketones (excluding diaryl/α,β-unsaturated/α-hetero) is 1. The minimum atomic E-state index is -0.513. The molecule has 0 atom stereocenters. The van der Waals surface area contributed by atoms with E-state index >= 15 is 0 Å². The molecule has 2 aromatic carbocycles. The maximum atomic E-state index is 12.9. The van der Waals surface area contributed by atoms with E-state index in [2.05, 4.69) is 4.90 Å². The van der Waals surface area contributed by atoms with Crippen LogP contribution in [0, 0.1) is 0 Å². The van der Waals surface area contributed by atoms with Gasteiger partial charge in [-0.2, -0.15) is 4.98 Å². The Hall–Kier alpha value is -3.30. The first-order valence-electron chi connectivity index (χ1n) is 15.4. The summed E-state index contributed by atoms with van der Waals surface area (Å²) in [4.78, 5) is 35.6. The fraction of sp³-hybridized carbons (Fsp3) is 0.515. The monoisotopic (exact) mass is 587 g/mol. The van der Waals surface area contributed by atoms with Crippen LogP contribution in [0.4, 0.5) is 4.79 Å². The number of carbonyl (C=O) groups is 2. The van der Waals surface area contributed by atoms with Gasteiger partial charge >= 0.3 is 6.09 Å². The minimum absolute atomic E-state index is 0.210. The van der Waals surface area contributed by atoms with Gasteiger partial charge in [0.15, 0.2) is 11.6 Å². The lowest BCUT2D eigenvalue weighted by Crippen LogP contribution is -2.37. The molecular weight excluding hydrogens is 546 g/mol. The predicted octanol–water partition coefficient (Wildman–Crippen LogP) is 7.35. The van der Waals surface area contributed by atoms with Crippen LogP contribution < -0.4 is 0 Å². The summed E-state index contributed by atoms with van der Waals surface area (Å²) < 4.78 is 8.52. The summed E-state index contributed by atoms with van der Waals surface area (Å²) in [5, 5.41) is 4.79. The Morgan fingerprint density at radius 3 is 2.50 bits per heavy atom. The highest BCUT2D eigenvalue weighted by atomic mass is 32.1. The molecule has 0 bridgehead atoms. The molecule has 2 fully saturated rings. The van der Waals surface area contributed by atoms with Crippen LogP contribution in [-0.2, 0) is 11.3 Å². The lowest BCUT2D eigenvalue weighted by Gasteiger charge is -2.27. The second kappa shape index (κ2) is 12.1. The van der Waals surface area contributed by atoms with Gasteiger partial charge in [-0.25, -0.2) is 9.31 Å². The third kappa shape index (κ3) is 6.84. The van der Waals surface area contributed by atoms with Crippen molar-refractivity contribution in [2.45, 2.75) is 90.3 Å². The molecule has 0 radical (unpaired) electrons. The van der Waals surface area contributed by atoms with Crippen LogP contribution in [0.5, 0.6) is 0 Å². The molecule has 1 saturated heterocycles. The second-order valence-electron chi connectivity index (χ2n) is 12.7. The third-order valence-electron chi connectivity index (χ3n) is 8.05. The van der Waals surface area contributed by atoms with E-state index < -0.39 is 5.60 Å². The van der Waals surface area contributed by atoms with Crippen molar-refractivity contribution in [3.05, 3.63) is 53.6 Å². The first-order chi connectivity index (χ1) is 20.2. The van der Waals surface area contributed by atoms with Gasteiger partial charge < -0.3 is 14.5 Å². The number of rotatable bonds is 10. The molecule has 3 heterocycles. The van der Waals surface area contributed by atoms with Crippen LogP contribution in [0.2, 0.25) is 0 Å². The number of piperidine rings is 1. The molecule has 1 saturated carbocycles. The molecule has 42 heavy (non-hydrogen) atoms. The van der Waals surface area contributed by atoms with Gasteiger partial charge in [-0.15, -0.1) is 5.10 Å². The van der Waals surface area contributed by atoms with E-state index in [0.717, 1.165) is 64.1 Å². The molecule has 8 nitrogen and oxygen atoms in total. The zero-order valence-corrected chi connectivity index (χ0v) is 25.8. The van der Waals surface area contributed by atoms with Crippen molar-refractivity contribution >= 4 is 38.4 Å². The standard InChI is InChI=1S/C33H41N5O3S/c1-33(2,3)41-32(40)37(26-15-16-26)22-23-10-12-24(13-11-23)30-34-31-38(35-30)27-17-14-25(21-29(27)42-31)28(39)9-5-8-20-36-18-6-4-7-19-36/h10-14,17,21,26H,4-9,15-16,18-20,22H2,1-3H3. The fourth-order valence-corrected chi connectivity index (χ4v) is 6.64. The van der Waals surface area contributed by atoms with Gasteiger partial charge in [0.25, 0.3) is 0 Å². The van der Waals surface area contributed by atoms with E-state index in [4.69, 9.17) is 14.8 Å². The van der Waals surface area contributed by atoms with E-state index in [1.807, 2.05) is 72.7 Å². The largest absolute Gasteiger partial charge is 0.444 e. The molecule has 1 aliphatic carbocycles. The Morgan fingerprint density at radius 2 is 1.79 bits per heavy atom. The first-order valence-corrected chi connectivity index (χ1v) is 16.2. The number of amides is 1. The zero-order chi connectivity index (χ0) is 29.3. The fourth-order valence-electron chi connectivity index (χ4n) is 5.64. The van der Waals surface area contributed by atoms with Crippen LogP contribution in [0.15, 0.2) is 42.5 Å². The van der Waals surface area contributed by atoms with E-state index in [1.165, 1.54) is 32.4 Å². The number of ether oxygens (including phenoxy) is 1. The van der Waals surface area contributed by atoms with Crippen LogP contribution >= 0.6 is 11.3 Å². The summed E-state index contributed by atoms with van der Waals surface area (Å²) in [5.41, 5.74) is 3.19. The van der Waals surface area contributed by atoms with E-state index in [-0.39, 0.29) is 17.9 Å². The van der Waals surface area contributed by atoms with Crippen LogP contribution in [0.25, 0.3) is 26.6 Å². The predicted molar refractivity (Wildman–Crippen MR) is 167 cm³/mol. The Labute approximate surface area is 251 Å². The number of benzene rings is 2. The van der Waals surface area contributed by atoms with Gasteiger partial charge in [-0.3, -0.25) is 4.79 Å². The second-order valence-corrected chi connectivity index (χ2v) is 13.7. The number of aromatic nitrogens is 3. The quantitative estimate of drug-likeness (QED) is 0.143. The number of unbranched alkanes of at least 4 members (excludes halogenated alkanes) is 1. The number of thiazole rings is 1. The highest BCUT2D eigenvalue weighted by molar-refractivity contribution is 7.23. The third-order valence-corrected chi connectivity index (χ3v) is 9.04. The van der Waals surface area contributed by atoms with E-state index in [1.54, 1.807) is 11.3 Å². The van der Waals surface area contributed by atoms with Crippen LogP contribution in [0.1, 0.15) is 88.1 Å². The zero-order valence-electron chi connectivity index (χ0n) is 25.0. The summed E-state index contributed by atoms with van der Waals surface area (Å²) in [5.74, 6) is 0.872. The van der Waals surface area contributed by atoms with Crippen molar-refractivity contribution in [2.24, 2.45) is 0 Å². The number of hydrogen-bond donors (Lipinski definition) is 0. The molecule has 0 N–H and O–H groups in total. The van der Waals surface area contributed by atoms with Crippen molar-refractivity contribution in [1.82, 2.24) is 24.4 Å². The van der Waals surface area contributed by atoms with Gasteiger partial charge in [0.2, 0.25) is 4.96 Å². The molecule has 9 heteroatoms. The molecule has 0 unspecified atom stereocenters. The number of carbonyl (C=O) groups excluding carboxylic acids is 2. The minimum Gasteiger partial charge on any atom is -0.444 e. The summed E-state index contributed by atoms with van der Waals surface area (Å²) in [6.45, 7) is 9.74. The van der Waals surface area contributed by atoms with Crippen molar-refractivity contribution in [2.75, 3.05) is 19.6 Å². The molecule has 1 aliphatic heterocycles. The Balaban J connectivity index is 1.09. The average molecular weight is 588 g/mol. The maximum Gasteiger partial charge on any atom is 0.410 e. The lowest BCUT2D eigenvalue weighted by molar-refractivity contribution is 0.0216. The summed E-state index contributed by atoms with van der Waals surface area (Å²) in [6, 6.07) is 14.3. The highest BCUT2D eigenvalue weighted by Crippen LogP contribution is 2.31. The number of likely N-dealkylation sites (tertiary alicyclic amines) is 1. The van der Waals surface area contributed by atoms with Gasteiger partial charge in [0.05, 0.1) is 10.2 Å². The molecule has 1 amide bonds. The van der Waals surface area contributed by atoms with E-state index in [0.29, 0.717) is 18.8 Å². The maximum absolute atomic E-state index is 12.9. The molecular formula is C33H41N5O3S. The Bertz CT molecular complexity index is 1560. The van der Waals surface area contributed by atoms with Gasteiger partial charge in [-0.1, -0.05) is 42.0 Å². The van der Waals surface area contributed by atoms with E-state index in [9.17, 15) is 9.59 Å². The normalized spacial score (nSPS) is 16.3. The van der Waals surface area contributed by atoms with Gasteiger partial charge in [-0.05, 0) is 103 Å². The molecule has 2 aliphatic rings.